The van der Waals surface area contributed by atoms with E-state index in [-0.39, 0.29) is 25.0 Å². The molecule has 2 amide bonds. The molecule has 1 atom stereocenters. The second-order valence-electron chi connectivity index (χ2n) is 8.48. The molecule has 0 spiro atoms. The number of carbonyl (C=O) groups is 2. The third kappa shape index (κ3) is 7.90. The first-order valence-corrected chi connectivity index (χ1v) is 12.5. The molecule has 0 saturated carbocycles. The van der Waals surface area contributed by atoms with Crippen LogP contribution >= 0.6 is 39.1 Å². The van der Waals surface area contributed by atoms with Crippen LogP contribution in [0.1, 0.15) is 43.9 Å². The van der Waals surface area contributed by atoms with Gasteiger partial charge in [0.25, 0.3) is 5.91 Å². The Morgan fingerprint density at radius 3 is 2.30 bits per heavy atom. The molecule has 5 nitrogen and oxygen atoms in total. The van der Waals surface area contributed by atoms with Gasteiger partial charge in [-0.15, -0.1) is 0 Å². The number of nitrogens with zero attached hydrogens (tertiary/aromatic N) is 1. The van der Waals surface area contributed by atoms with Gasteiger partial charge >= 0.3 is 0 Å². The number of carbonyl (C=O) groups excluding carboxylic acids is 2. The van der Waals surface area contributed by atoms with Crippen molar-refractivity contribution in [2.45, 2.75) is 53.6 Å². The van der Waals surface area contributed by atoms with Gasteiger partial charge in [-0.25, -0.2) is 0 Å². The predicted octanol–water partition coefficient (Wildman–Crippen LogP) is 6.33. The Morgan fingerprint density at radius 2 is 1.76 bits per heavy atom. The molecular formula is C25H31BrCl2N2O3. The highest BCUT2D eigenvalue weighted by Crippen LogP contribution is 2.27. The third-order valence-electron chi connectivity index (χ3n) is 5.20. The minimum Gasteiger partial charge on any atom is -0.484 e. The van der Waals surface area contributed by atoms with Crippen LogP contribution in [0.5, 0.6) is 5.75 Å². The summed E-state index contributed by atoms with van der Waals surface area (Å²) in [6.45, 7) is 10.4. The summed E-state index contributed by atoms with van der Waals surface area (Å²) in [6.07, 6.45) is 0.456. The molecule has 0 fully saturated rings. The maximum absolute atomic E-state index is 13.3. The molecule has 2 aromatic carbocycles. The lowest BCUT2D eigenvalue weighted by atomic mass is 10.1. The lowest BCUT2D eigenvalue weighted by Gasteiger charge is -2.31. The van der Waals surface area contributed by atoms with Gasteiger partial charge in [0.1, 0.15) is 11.8 Å². The topological polar surface area (TPSA) is 58.6 Å². The number of halogens is 3. The van der Waals surface area contributed by atoms with E-state index in [2.05, 4.69) is 21.2 Å². The predicted molar refractivity (Wildman–Crippen MR) is 138 cm³/mol. The Morgan fingerprint density at radius 1 is 1.12 bits per heavy atom. The second kappa shape index (κ2) is 12.6. The number of aryl methyl sites for hydroxylation is 2. The van der Waals surface area contributed by atoms with Crippen LogP contribution in [-0.2, 0) is 16.1 Å². The van der Waals surface area contributed by atoms with E-state index in [9.17, 15) is 9.59 Å². The van der Waals surface area contributed by atoms with Gasteiger partial charge < -0.3 is 15.0 Å². The lowest BCUT2D eigenvalue weighted by Crippen LogP contribution is -2.50. The Bertz CT molecular complexity index is 975. The van der Waals surface area contributed by atoms with Crippen molar-refractivity contribution in [1.29, 1.82) is 0 Å². The normalized spacial score (nSPS) is 11.9. The summed E-state index contributed by atoms with van der Waals surface area (Å²) in [5.41, 5.74) is 2.74. The van der Waals surface area contributed by atoms with Crippen molar-refractivity contribution in [2.24, 2.45) is 5.92 Å². The number of hydrogen-bond donors (Lipinski definition) is 1. The summed E-state index contributed by atoms with van der Waals surface area (Å²) < 4.78 is 6.83. The number of hydrogen-bond acceptors (Lipinski definition) is 3. The zero-order chi connectivity index (χ0) is 24.7. The molecule has 0 unspecified atom stereocenters. The van der Waals surface area contributed by atoms with Crippen molar-refractivity contribution < 1.29 is 14.3 Å². The molecule has 0 radical (unpaired) electrons. The second-order valence-corrected chi connectivity index (χ2v) is 10.1. The first-order chi connectivity index (χ1) is 15.5. The van der Waals surface area contributed by atoms with Crippen LogP contribution in [0.25, 0.3) is 0 Å². The molecular weight excluding hydrogens is 527 g/mol. The molecule has 0 aliphatic carbocycles. The molecule has 33 heavy (non-hydrogen) atoms. The van der Waals surface area contributed by atoms with Crippen LogP contribution in [0.15, 0.2) is 34.8 Å². The maximum atomic E-state index is 13.3. The van der Waals surface area contributed by atoms with Gasteiger partial charge in [0, 0.05) is 27.6 Å². The van der Waals surface area contributed by atoms with E-state index in [1.807, 2.05) is 46.8 Å². The number of benzene rings is 2. The standard InChI is InChI=1S/C25H31BrCl2N2O3/c1-6-22(25(32)29-12-15(2)3)30(13-18-7-8-19(27)11-21(18)28)23(31)14-33-20-9-16(4)24(26)17(5)10-20/h7-11,15,22H,6,12-14H2,1-5H3,(H,29,32)/t22-/m0/s1. The highest BCUT2D eigenvalue weighted by atomic mass is 79.9. The van der Waals surface area contributed by atoms with Crippen molar-refractivity contribution in [1.82, 2.24) is 10.2 Å². The molecule has 0 bridgehead atoms. The average Bonchev–Trinajstić information content (AvgIpc) is 2.75. The SMILES string of the molecule is CC[C@@H](C(=O)NCC(C)C)N(Cc1ccc(Cl)cc1Cl)C(=O)COc1cc(C)c(Br)c(C)c1. The van der Waals surface area contributed by atoms with Gasteiger partial charge in [0.2, 0.25) is 5.91 Å². The summed E-state index contributed by atoms with van der Waals surface area (Å²) in [4.78, 5) is 27.8. The smallest absolute Gasteiger partial charge is 0.261 e. The van der Waals surface area contributed by atoms with E-state index < -0.39 is 6.04 Å². The van der Waals surface area contributed by atoms with Crippen molar-refractivity contribution in [3.05, 3.63) is 61.5 Å². The van der Waals surface area contributed by atoms with Gasteiger partial charge in [-0.3, -0.25) is 9.59 Å². The largest absolute Gasteiger partial charge is 0.484 e. The fourth-order valence-corrected chi connectivity index (χ4v) is 4.09. The summed E-state index contributed by atoms with van der Waals surface area (Å²) in [5.74, 6) is 0.405. The fraction of sp³-hybridized carbons (Fsp3) is 0.440. The molecule has 0 aliphatic rings. The molecule has 0 saturated heterocycles. The van der Waals surface area contributed by atoms with E-state index in [0.29, 0.717) is 40.2 Å². The molecule has 0 heterocycles. The Hall–Kier alpha value is -1.76. The zero-order valence-electron chi connectivity index (χ0n) is 19.7. The van der Waals surface area contributed by atoms with Crippen LogP contribution in [0.4, 0.5) is 0 Å². The molecule has 2 aromatic rings. The van der Waals surface area contributed by atoms with Crippen LogP contribution in [-0.4, -0.2) is 35.9 Å². The van der Waals surface area contributed by atoms with Crippen LogP contribution in [0, 0.1) is 19.8 Å². The first kappa shape index (κ1) is 27.5. The molecule has 8 heteroatoms. The van der Waals surface area contributed by atoms with Gasteiger partial charge in [0.15, 0.2) is 6.61 Å². The maximum Gasteiger partial charge on any atom is 0.261 e. The summed E-state index contributed by atoms with van der Waals surface area (Å²) >= 11 is 15.9. The number of rotatable bonds is 10. The molecule has 0 aromatic heterocycles. The number of ether oxygens (including phenoxy) is 1. The van der Waals surface area contributed by atoms with Crippen molar-refractivity contribution >= 4 is 50.9 Å². The molecule has 2 rings (SSSR count). The van der Waals surface area contributed by atoms with E-state index in [4.69, 9.17) is 27.9 Å². The van der Waals surface area contributed by atoms with E-state index in [1.54, 1.807) is 18.2 Å². The molecule has 1 N–H and O–H groups in total. The Balaban J connectivity index is 2.27. The van der Waals surface area contributed by atoms with Crippen molar-refractivity contribution in [2.75, 3.05) is 13.2 Å². The molecule has 180 valence electrons. The first-order valence-electron chi connectivity index (χ1n) is 10.9. The van der Waals surface area contributed by atoms with E-state index in [1.165, 1.54) is 4.90 Å². The number of amides is 2. The lowest BCUT2D eigenvalue weighted by molar-refractivity contribution is -0.143. The van der Waals surface area contributed by atoms with E-state index in [0.717, 1.165) is 15.6 Å². The van der Waals surface area contributed by atoms with Crippen molar-refractivity contribution in [3.63, 3.8) is 0 Å². The minimum atomic E-state index is -0.653. The monoisotopic (exact) mass is 556 g/mol. The quantitative estimate of drug-likeness (QED) is 0.371. The Labute approximate surface area is 214 Å². The minimum absolute atomic E-state index is 0.171. The highest BCUT2D eigenvalue weighted by molar-refractivity contribution is 9.10. The van der Waals surface area contributed by atoms with Gasteiger partial charge in [0.05, 0.1) is 0 Å². The van der Waals surface area contributed by atoms with Crippen LogP contribution in [0.3, 0.4) is 0 Å². The highest BCUT2D eigenvalue weighted by Gasteiger charge is 2.29. The number of nitrogens with one attached hydrogen (secondary N) is 1. The Kier molecular flexibility index (Phi) is 10.5. The van der Waals surface area contributed by atoms with Crippen LogP contribution < -0.4 is 10.1 Å². The van der Waals surface area contributed by atoms with Gasteiger partial charge in [-0.2, -0.15) is 0 Å². The summed E-state index contributed by atoms with van der Waals surface area (Å²) in [5, 5.41) is 3.89. The molecule has 0 aliphatic heterocycles. The summed E-state index contributed by atoms with van der Waals surface area (Å²) in [7, 11) is 0. The fourth-order valence-electron chi connectivity index (χ4n) is 3.39. The van der Waals surface area contributed by atoms with E-state index >= 15 is 0 Å². The van der Waals surface area contributed by atoms with Gasteiger partial charge in [-0.05, 0) is 67.1 Å². The third-order valence-corrected chi connectivity index (χ3v) is 7.04. The van der Waals surface area contributed by atoms with Gasteiger partial charge in [-0.1, -0.05) is 66.0 Å². The average molecular weight is 558 g/mol. The van der Waals surface area contributed by atoms with Crippen molar-refractivity contribution in [3.8, 4) is 5.75 Å². The summed E-state index contributed by atoms with van der Waals surface area (Å²) in [6, 6.07) is 8.21. The van der Waals surface area contributed by atoms with Crippen LogP contribution in [0.2, 0.25) is 10.0 Å². The zero-order valence-corrected chi connectivity index (χ0v) is 22.8.